The third-order valence-electron chi connectivity index (χ3n) is 5.20. The molecule has 4 rings (SSSR count). The van der Waals surface area contributed by atoms with E-state index >= 15 is 0 Å². The summed E-state index contributed by atoms with van der Waals surface area (Å²) in [5, 5.41) is 7.11. The molecule has 0 saturated heterocycles. The minimum atomic E-state index is -1.08. The highest BCUT2D eigenvalue weighted by atomic mass is 19.1. The van der Waals surface area contributed by atoms with Gasteiger partial charge in [-0.1, -0.05) is 60.7 Å². The van der Waals surface area contributed by atoms with Crippen molar-refractivity contribution in [2.45, 2.75) is 26.0 Å². The van der Waals surface area contributed by atoms with Crippen molar-refractivity contribution in [3.05, 3.63) is 102 Å². The fourth-order valence-corrected chi connectivity index (χ4v) is 3.35. The highest BCUT2D eigenvalue weighted by Gasteiger charge is 2.25. The molecule has 172 valence electrons. The lowest BCUT2D eigenvalue weighted by molar-refractivity contribution is -0.129. The Balaban J connectivity index is 1.50. The number of carbonyl (C=O) groups is 2. The molecular formula is C26H23FN4O3. The summed E-state index contributed by atoms with van der Waals surface area (Å²) in [5.74, 6) is -1.35. The van der Waals surface area contributed by atoms with Crippen LogP contribution in [0.25, 0.3) is 17.1 Å². The van der Waals surface area contributed by atoms with E-state index in [9.17, 15) is 14.0 Å². The molecule has 0 bridgehead atoms. The lowest BCUT2D eigenvalue weighted by Crippen LogP contribution is -2.37. The van der Waals surface area contributed by atoms with Gasteiger partial charge in [-0.15, -0.1) is 5.10 Å². The van der Waals surface area contributed by atoms with Crippen molar-refractivity contribution in [1.82, 2.24) is 20.1 Å². The molecule has 0 fully saturated rings. The Hall–Kier alpha value is -4.33. The molecule has 1 heterocycles. The van der Waals surface area contributed by atoms with E-state index in [2.05, 4.69) is 15.4 Å². The molecule has 4 aromatic rings. The molecule has 1 amide bonds. The molecule has 0 aliphatic heterocycles. The van der Waals surface area contributed by atoms with Crippen molar-refractivity contribution in [3.63, 3.8) is 0 Å². The van der Waals surface area contributed by atoms with Crippen LogP contribution in [0.1, 0.15) is 36.1 Å². The highest BCUT2D eigenvalue weighted by Crippen LogP contribution is 2.21. The summed E-state index contributed by atoms with van der Waals surface area (Å²) in [7, 11) is 0. The molecule has 2 unspecified atom stereocenters. The SMILES string of the molecule is CC(OC(=O)c1nc(-c2ccccc2)n(-c2ccccc2)n1)C(=O)NC(C)c1ccc(F)cc1. The largest absolute Gasteiger partial charge is 0.447 e. The molecule has 2 atom stereocenters. The van der Waals surface area contributed by atoms with Gasteiger partial charge in [0.05, 0.1) is 11.7 Å². The van der Waals surface area contributed by atoms with Crippen LogP contribution in [-0.4, -0.2) is 32.7 Å². The molecular weight excluding hydrogens is 435 g/mol. The first-order valence-electron chi connectivity index (χ1n) is 10.8. The maximum Gasteiger partial charge on any atom is 0.379 e. The predicted octanol–water partition coefficient (Wildman–Crippen LogP) is 4.50. The van der Waals surface area contributed by atoms with Crippen LogP contribution in [0.2, 0.25) is 0 Å². The molecule has 7 nitrogen and oxygen atoms in total. The molecule has 0 aliphatic rings. The average Bonchev–Trinajstić information content (AvgIpc) is 3.31. The van der Waals surface area contributed by atoms with Crippen LogP contribution in [0, 0.1) is 5.82 Å². The van der Waals surface area contributed by atoms with Crippen LogP contribution < -0.4 is 5.32 Å². The van der Waals surface area contributed by atoms with Crippen molar-refractivity contribution in [1.29, 1.82) is 0 Å². The summed E-state index contributed by atoms with van der Waals surface area (Å²) in [4.78, 5) is 29.8. The van der Waals surface area contributed by atoms with E-state index in [1.165, 1.54) is 19.1 Å². The molecule has 0 radical (unpaired) electrons. The summed E-state index contributed by atoms with van der Waals surface area (Å²) in [6.07, 6.45) is -1.08. The molecule has 0 spiro atoms. The number of para-hydroxylation sites is 1. The number of ether oxygens (including phenoxy) is 1. The number of hydrogen-bond donors (Lipinski definition) is 1. The fraction of sp³-hybridized carbons (Fsp3) is 0.154. The molecule has 34 heavy (non-hydrogen) atoms. The van der Waals surface area contributed by atoms with Crippen molar-refractivity contribution in [3.8, 4) is 17.1 Å². The molecule has 1 N–H and O–H groups in total. The van der Waals surface area contributed by atoms with Gasteiger partial charge < -0.3 is 10.1 Å². The Bertz CT molecular complexity index is 1220. The topological polar surface area (TPSA) is 86.1 Å². The second-order valence-corrected chi connectivity index (χ2v) is 7.70. The summed E-state index contributed by atoms with van der Waals surface area (Å²) in [6, 6.07) is 24.1. The molecule has 8 heteroatoms. The number of esters is 1. The highest BCUT2D eigenvalue weighted by molar-refractivity contribution is 5.89. The van der Waals surface area contributed by atoms with Crippen LogP contribution in [0.3, 0.4) is 0 Å². The number of amides is 1. The number of hydrogen-bond acceptors (Lipinski definition) is 5. The lowest BCUT2D eigenvalue weighted by Gasteiger charge is -2.17. The van der Waals surface area contributed by atoms with E-state index in [1.54, 1.807) is 23.7 Å². The van der Waals surface area contributed by atoms with E-state index in [-0.39, 0.29) is 11.6 Å². The van der Waals surface area contributed by atoms with Crippen LogP contribution in [-0.2, 0) is 9.53 Å². The van der Waals surface area contributed by atoms with Crippen LogP contribution >= 0.6 is 0 Å². The van der Waals surface area contributed by atoms with Gasteiger partial charge in [-0.05, 0) is 43.7 Å². The minimum absolute atomic E-state index is 0.158. The first-order chi connectivity index (χ1) is 16.4. The number of nitrogens with one attached hydrogen (secondary N) is 1. The Kier molecular flexibility index (Phi) is 6.77. The van der Waals surface area contributed by atoms with Crippen molar-refractivity contribution < 1.29 is 18.7 Å². The molecule has 1 aromatic heterocycles. The summed E-state index contributed by atoms with van der Waals surface area (Å²) >= 11 is 0. The number of carbonyl (C=O) groups excluding carboxylic acids is 2. The average molecular weight is 458 g/mol. The van der Waals surface area contributed by atoms with Gasteiger partial charge >= 0.3 is 5.97 Å². The van der Waals surface area contributed by atoms with E-state index in [0.29, 0.717) is 5.82 Å². The van der Waals surface area contributed by atoms with Gasteiger partial charge in [-0.3, -0.25) is 4.79 Å². The van der Waals surface area contributed by atoms with Gasteiger partial charge in [0.2, 0.25) is 0 Å². The number of halogens is 1. The molecule has 0 saturated carbocycles. The Morgan fingerprint density at radius 2 is 1.53 bits per heavy atom. The maximum absolute atomic E-state index is 13.1. The molecule has 3 aromatic carbocycles. The maximum atomic E-state index is 13.1. The first kappa shape index (κ1) is 22.8. The van der Waals surface area contributed by atoms with Crippen LogP contribution in [0.4, 0.5) is 4.39 Å². The monoisotopic (exact) mass is 458 g/mol. The summed E-state index contributed by atoms with van der Waals surface area (Å²) in [5.41, 5.74) is 2.23. The predicted molar refractivity (Wildman–Crippen MR) is 125 cm³/mol. The second kappa shape index (κ2) is 10.1. The molecule has 0 aliphatic carbocycles. The number of aromatic nitrogens is 3. The van der Waals surface area contributed by atoms with Crippen molar-refractivity contribution >= 4 is 11.9 Å². The lowest BCUT2D eigenvalue weighted by atomic mass is 10.1. The Morgan fingerprint density at radius 3 is 2.18 bits per heavy atom. The van der Waals surface area contributed by atoms with E-state index in [4.69, 9.17) is 4.74 Å². The summed E-state index contributed by atoms with van der Waals surface area (Å²) in [6.45, 7) is 3.23. The summed E-state index contributed by atoms with van der Waals surface area (Å²) < 4.78 is 20.0. The van der Waals surface area contributed by atoms with Crippen molar-refractivity contribution in [2.24, 2.45) is 0 Å². The Morgan fingerprint density at radius 1 is 0.912 bits per heavy atom. The van der Waals surface area contributed by atoms with Crippen LogP contribution in [0.5, 0.6) is 0 Å². The van der Waals surface area contributed by atoms with Gasteiger partial charge in [0.15, 0.2) is 11.9 Å². The number of rotatable bonds is 7. The van der Waals surface area contributed by atoms with E-state index in [1.807, 2.05) is 60.7 Å². The zero-order valence-corrected chi connectivity index (χ0v) is 18.7. The van der Waals surface area contributed by atoms with Gasteiger partial charge in [0.1, 0.15) is 5.82 Å². The zero-order valence-electron chi connectivity index (χ0n) is 18.7. The van der Waals surface area contributed by atoms with Gasteiger partial charge in [0.25, 0.3) is 11.7 Å². The third kappa shape index (κ3) is 5.17. The zero-order chi connectivity index (χ0) is 24.1. The van der Waals surface area contributed by atoms with Gasteiger partial charge in [-0.2, -0.15) is 0 Å². The quantitative estimate of drug-likeness (QED) is 0.412. The van der Waals surface area contributed by atoms with E-state index in [0.717, 1.165) is 16.8 Å². The number of benzene rings is 3. The van der Waals surface area contributed by atoms with Crippen molar-refractivity contribution in [2.75, 3.05) is 0 Å². The van der Waals surface area contributed by atoms with Gasteiger partial charge in [0, 0.05) is 5.56 Å². The number of nitrogens with zero attached hydrogens (tertiary/aromatic N) is 3. The first-order valence-corrected chi connectivity index (χ1v) is 10.8. The van der Waals surface area contributed by atoms with Crippen LogP contribution in [0.15, 0.2) is 84.9 Å². The fourth-order valence-electron chi connectivity index (χ4n) is 3.35. The van der Waals surface area contributed by atoms with Gasteiger partial charge in [-0.25, -0.2) is 18.9 Å². The minimum Gasteiger partial charge on any atom is -0.447 e. The smallest absolute Gasteiger partial charge is 0.379 e. The second-order valence-electron chi connectivity index (χ2n) is 7.70. The Labute approximate surface area is 196 Å². The van der Waals surface area contributed by atoms with E-state index < -0.39 is 24.0 Å². The standard InChI is InChI=1S/C26H23FN4O3/c1-17(19-13-15-21(27)16-14-19)28-25(32)18(2)34-26(33)23-29-24(20-9-5-3-6-10-20)31(30-23)22-11-7-4-8-12-22/h3-18H,1-2H3,(H,28,32). The normalized spacial score (nSPS) is 12.6. The third-order valence-corrected chi connectivity index (χ3v) is 5.20.